The van der Waals surface area contributed by atoms with E-state index in [1.165, 1.54) is 0 Å². The number of hydrogen-bond donors (Lipinski definition) is 3. The van der Waals surface area contributed by atoms with Crippen molar-refractivity contribution in [3.63, 3.8) is 0 Å². The molecule has 1 aromatic heterocycles. The predicted molar refractivity (Wildman–Crippen MR) is 109 cm³/mol. The number of carbonyl (C=O) groups excluding carboxylic acids is 1. The summed E-state index contributed by atoms with van der Waals surface area (Å²) in [6.07, 6.45) is 0. The van der Waals surface area contributed by atoms with Gasteiger partial charge in [0.25, 0.3) is 0 Å². The van der Waals surface area contributed by atoms with Crippen LogP contribution in [0.5, 0.6) is 0 Å². The van der Waals surface area contributed by atoms with Gasteiger partial charge in [0.1, 0.15) is 5.82 Å². The van der Waals surface area contributed by atoms with Crippen LogP contribution in [-0.4, -0.2) is 24.1 Å². The summed E-state index contributed by atoms with van der Waals surface area (Å²) in [4.78, 5) is 16.6. The normalized spacial score (nSPS) is 11.8. The zero-order chi connectivity index (χ0) is 18.4. The van der Waals surface area contributed by atoms with Crippen LogP contribution in [0.1, 0.15) is 18.5 Å². The van der Waals surface area contributed by atoms with Gasteiger partial charge in [-0.15, -0.1) is 0 Å². The third-order valence-electron chi connectivity index (χ3n) is 4.03. The average molecular weight is 413 g/mol. The van der Waals surface area contributed by atoms with Gasteiger partial charge < -0.3 is 16.0 Å². The van der Waals surface area contributed by atoms with Gasteiger partial charge in [-0.05, 0) is 36.8 Å². The molecule has 0 fully saturated rings. The molecule has 0 saturated carbocycles. The topological polar surface area (TPSA) is 66.1 Å². The molecular weight excluding hydrogens is 392 g/mol. The standard InChI is InChI=1S/C20H21BrN4O/c1-14(16-7-3-4-8-17(16)21)24-20(26)23-13-12-22-19-11-10-15-6-2-5-9-18(15)25-19/h2-11,14H,12-13H2,1H3,(H,22,25)(H2,23,24,26). The first-order chi connectivity index (χ1) is 12.6. The highest BCUT2D eigenvalue weighted by molar-refractivity contribution is 9.10. The molecule has 0 aliphatic heterocycles. The van der Waals surface area contributed by atoms with Crippen LogP contribution in [-0.2, 0) is 0 Å². The largest absolute Gasteiger partial charge is 0.368 e. The summed E-state index contributed by atoms with van der Waals surface area (Å²) in [7, 11) is 0. The molecule has 3 aromatic rings. The van der Waals surface area contributed by atoms with E-state index in [4.69, 9.17) is 0 Å². The summed E-state index contributed by atoms with van der Waals surface area (Å²) in [6, 6.07) is 19.5. The lowest BCUT2D eigenvalue weighted by Crippen LogP contribution is -2.39. The van der Waals surface area contributed by atoms with Crippen molar-refractivity contribution < 1.29 is 4.79 Å². The van der Waals surface area contributed by atoms with Crippen LogP contribution in [0, 0.1) is 0 Å². The average Bonchev–Trinajstić information content (AvgIpc) is 2.65. The van der Waals surface area contributed by atoms with Crippen molar-refractivity contribution in [2.45, 2.75) is 13.0 Å². The zero-order valence-electron chi connectivity index (χ0n) is 14.5. The maximum Gasteiger partial charge on any atom is 0.315 e. The summed E-state index contributed by atoms with van der Waals surface area (Å²) in [5.74, 6) is 0.799. The fourth-order valence-electron chi connectivity index (χ4n) is 2.68. The molecular formula is C20H21BrN4O. The maximum atomic E-state index is 12.0. The van der Waals surface area contributed by atoms with E-state index in [-0.39, 0.29) is 12.1 Å². The number of nitrogens with zero attached hydrogens (tertiary/aromatic N) is 1. The number of rotatable bonds is 6. The van der Waals surface area contributed by atoms with Crippen LogP contribution in [0.4, 0.5) is 10.6 Å². The molecule has 0 aliphatic rings. The second-order valence-corrected chi connectivity index (χ2v) is 6.81. The Morgan fingerprint density at radius 2 is 1.81 bits per heavy atom. The molecule has 5 nitrogen and oxygen atoms in total. The lowest BCUT2D eigenvalue weighted by Gasteiger charge is -2.16. The smallest absolute Gasteiger partial charge is 0.315 e. The Morgan fingerprint density at radius 1 is 1.04 bits per heavy atom. The molecule has 0 radical (unpaired) electrons. The number of carbonyl (C=O) groups is 1. The van der Waals surface area contributed by atoms with Gasteiger partial charge in [-0.1, -0.05) is 52.3 Å². The van der Waals surface area contributed by atoms with Gasteiger partial charge in [0.2, 0.25) is 0 Å². The molecule has 1 unspecified atom stereocenters. The Labute approximate surface area is 161 Å². The number of amides is 2. The molecule has 26 heavy (non-hydrogen) atoms. The lowest BCUT2D eigenvalue weighted by atomic mass is 10.1. The number of nitrogens with one attached hydrogen (secondary N) is 3. The van der Waals surface area contributed by atoms with E-state index < -0.39 is 0 Å². The second-order valence-electron chi connectivity index (χ2n) is 5.96. The maximum absolute atomic E-state index is 12.0. The Morgan fingerprint density at radius 3 is 2.65 bits per heavy atom. The van der Waals surface area contributed by atoms with Gasteiger partial charge in [-0.2, -0.15) is 0 Å². The van der Waals surface area contributed by atoms with Gasteiger partial charge >= 0.3 is 6.03 Å². The van der Waals surface area contributed by atoms with Crippen LogP contribution >= 0.6 is 15.9 Å². The number of halogens is 1. The highest BCUT2D eigenvalue weighted by Crippen LogP contribution is 2.22. The molecule has 0 saturated heterocycles. The fourth-order valence-corrected chi connectivity index (χ4v) is 3.31. The Balaban J connectivity index is 1.44. The minimum absolute atomic E-state index is 0.0827. The first-order valence-corrected chi connectivity index (χ1v) is 9.31. The van der Waals surface area contributed by atoms with Crippen molar-refractivity contribution in [3.8, 4) is 0 Å². The number of hydrogen-bond acceptors (Lipinski definition) is 3. The Kier molecular flexibility index (Phi) is 6.07. The van der Waals surface area contributed by atoms with Gasteiger partial charge in [0.15, 0.2) is 0 Å². The SMILES string of the molecule is CC(NC(=O)NCCNc1ccc2ccccc2n1)c1ccccc1Br. The van der Waals surface area contributed by atoms with E-state index in [9.17, 15) is 4.79 Å². The van der Waals surface area contributed by atoms with Crippen molar-refractivity contribution in [1.29, 1.82) is 0 Å². The van der Waals surface area contributed by atoms with Crippen molar-refractivity contribution in [2.75, 3.05) is 18.4 Å². The highest BCUT2D eigenvalue weighted by Gasteiger charge is 2.11. The lowest BCUT2D eigenvalue weighted by molar-refractivity contribution is 0.238. The Bertz CT molecular complexity index is 900. The summed E-state index contributed by atoms with van der Waals surface area (Å²) in [5, 5.41) is 10.1. The molecule has 0 bridgehead atoms. The number of benzene rings is 2. The quantitative estimate of drug-likeness (QED) is 0.523. The molecule has 3 rings (SSSR count). The first kappa shape index (κ1) is 18.2. The summed E-state index contributed by atoms with van der Waals surface area (Å²) in [5.41, 5.74) is 1.99. The molecule has 0 spiro atoms. The van der Waals surface area contributed by atoms with E-state index in [0.717, 1.165) is 26.8 Å². The second kappa shape index (κ2) is 8.67. The zero-order valence-corrected chi connectivity index (χ0v) is 16.1. The highest BCUT2D eigenvalue weighted by atomic mass is 79.9. The van der Waals surface area contributed by atoms with Crippen LogP contribution in [0.2, 0.25) is 0 Å². The minimum Gasteiger partial charge on any atom is -0.368 e. The molecule has 0 aliphatic carbocycles. The van der Waals surface area contributed by atoms with E-state index in [0.29, 0.717) is 13.1 Å². The third-order valence-corrected chi connectivity index (χ3v) is 4.76. The number of urea groups is 1. The minimum atomic E-state index is -0.193. The predicted octanol–water partition coefficient (Wildman–Crippen LogP) is 4.47. The van der Waals surface area contributed by atoms with E-state index >= 15 is 0 Å². The summed E-state index contributed by atoms with van der Waals surface area (Å²) in [6.45, 7) is 3.06. The summed E-state index contributed by atoms with van der Waals surface area (Å²) >= 11 is 3.50. The van der Waals surface area contributed by atoms with Crippen molar-refractivity contribution in [1.82, 2.24) is 15.6 Å². The van der Waals surface area contributed by atoms with E-state index in [1.807, 2.05) is 67.6 Å². The number of aromatic nitrogens is 1. The van der Waals surface area contributed by atoms with E-state index in [2.05, 4.69) is 36.9 Å². The van der Waals surface area contributed by atoms with Crippen molar-refractivity contribution in [2.24, 2.45) is 0 Å². The molecule has 3 N–H and O–H groups in total. The van der Waals surface area contributed by atoms with Crippen LogP contribution in [0.3, 0.4) is 0 Å². The number of pyridine rings is 1. The summed E-state index contributed by atoms with van der Waals surface area (Å²) < 4.78 is 0.983. The van der Waals surface area contributed by atoms with Gasteiger partial charge in [-0.3, -0.25) is 0 Å². The molecule has 1 atom stereocenters. The third kappa shape index (κ3) is 4.73. The monoisotopic (exact) mass is 412 g/mol. The van der Waals surface area contributed by atoms with Gasteiger partial charge in [0, 0.05) is 22.9 Å². The van der Waals surface area contributed by atoms with E-state index in [1.54, 1.807) is 0 Å². The van der Waals surface area contributed by atoms with Gasteiger partial charge in [-0.25, -0.2) is 9.78 Å². The number of para-hydroxylation sites is 1. The van der Waals surface area contributed by atoms with Crippen LogP contribution in [0.15, 0.2) is 65.1 Å². The van der Waals surface area contributed by atoms with Crippen molar-refractivity contribution >= 4 is 38.7 Å². The van der Waals surface area contributed by atoms with Crippen LogP contribution < -0.4 is 16.0 Å². The Hall–Kier alpha value is -2.60. The van der Waals surface area contributed by atoms with Gasteiger partial charge in [0.05, 0.1) is 11.6 Å². The fraction of sp³-hybridized carbons (Fsp3) is 0.200. The first-order valence-electron chi connectivity index (χ1n) is 8.52. The molecule has 6 heteroatoms. The number of anilines is 1. The molecule has 134 valence electrons. The van der Waals surface area contributed by atoms with Crippen LogP contribution in [0.25, 0.3) is 10.9 Å². The molecule has 2 amide bonds. The van der Waals surface area contributed by atoms with Crippen molar-refractivity contribution in [3.05, 3.63) is 70.7 Å². The molecule has 1 heterocycles. The number of fused-ring (bicyclic) bond motifs is 1. The molecule has 2 aromatic carbocycles.